The Balaban J connectivity index is 1.27. The molecule has 0 aromatic heterocycles. The number of carbonyl (C=O) groups is 3. The molecule has 0 unspecified atom stereocenters. The fourth-order valence-corrected chi connectivity index (χ4v) is 5.13. The van der Waals surface area contributed by atoms with Gasteiger partial charge in [0.25, 0.3) is 11.8 Å². The molecule has 5 rings (SSSR count). The monoisotopic (exact) mass is 685 g/mol. The highest BCUT2D eigenvalue weighted by atomic mass is 32.2. The van der Waals surface area contributed by atoms with Crippen LogP contribution >= 0.6 is 11.8 Å². The fourth-order valence-electron chi connectivity index (χ4n) is 4.38. The summed E-state index contributed by atoms with van der Waals surface area (Å²) in [5.74, 6) is -8.59. The molecule has 0 aliphatic carbocycles. The summed E-state index contributed by atoms with van der Waals surface area (Å²) in [6, 6.07) is 31.4. The summed E-state index contributed by atoms with van der Waals surface area (Å²) in [6.07, 6.45) is 1.51. The first-order valence-electron chi connectivity index (χ1n) is 14.7. The molecule has 7 nitrogen and oxygen atoms in total. The molecule has 0 bridgehead atoms. The Morgan fingerprint density at radius 1 is 0.714 bits per heavy atom. The van der Waals surface area contributed by atoms with Crippen LogP contribution in [0.4, 0.5) is 28.9 Å². The topological polar surface area (TPSA) is 96.5 Å². The Kier molecular flexibility index (Phi) is 11.5. The van der Waals surface area contributed by atoms with Crippen molar-refractivity contribution >= 4 is 46.9 Å². The molecule has 0 saturated carbocycles. The molecule has 0 spiro atoms. The van der Waals surface area contributed by atoms with E-state index in [0.717, 1.165) is 17.3 Å². The lowest BCUT2D eigenvalue weighted by Gasteiger charge is -2.13. The number of ether oxygens (including phenoxy) is 1. The zero-order valence-corrected chi connectivity index (χ0v) is 26.3. The maximum absolute atomic E-state index is 13.9. The van der Waals surface area contributed by atoms with Gasteiger partial charge in [-0.25, -0.2) is 17.6 Å². The van der Waals surface area contributed by atoms with Gasteiger partial charge in [-0.15, -0.1) is 11.8 Å². The second kappa shape index (κ2) is 16.3. The Labute approximate surface area is 283 Å². The quantitative estimate of drug-likeness (QED) is 0.0536. The average Bonchev–Trinajstić information content (AvgIpc) is 3.12. The largest absolute Gasteiger partial charge is 0.489 e. The first-order chi connectivity index (χ1) is 23.7. The van der Waals surface area contributed by atoms with E-state index < -0.39 is 46.7 Å². The molecule has 0 heterocycles. The maximum atomic E-state index is 13.9. The number of halogens is 4. The number of hydrogen-bond acceptors (Lipinski definition) is 5. The van der Waals surface area contributed by atoms with Crippen molar-refractivity contribution in [1.82, 2.24) is 5.32 Å². The third-order valence-electron chi connectivity index (χ3n) is 6.81. The lowest BCUT2D eigenvalue weighted by Crippen LogP contribution is -2.30. The van der Waals surface area contributed by atoms with Gasteiger partial charge in [0.15, 0.2) is 23.3 Å². The number of hydrogen-bond donors (Lipinski definition) is 3. The van der Waals surface area contributed by atoms with Crippen LogP contribution in [0.5, 0.6) is 5.75 Å². The second-order valence-electron chi connectivity index (χ2n) is 10.4. The van der Waals surface area contributed by atoms with Crippen molar-refractivity contribution in [3.63, 3.8) is 0 Å². The van der Waals surface area contributed by atoms with Gasteiger partial charge in [0.05, 0.1) is 5.75 Å². The number of amides is 3. The zero-order valence-electron chi connectivity index (χ0n) is 25.5. The van der Waals surface area contributed by atoms with Crippen LogP contribution in [0.2, 0.25) is 0 Å². The van der Waals surface area contributed by atoms with Gasteiger partial charge in [0, 0.05) is 22.2 Å². The van der Waals surface area contributed by atoms with E-state index in [0.29, 0.717) is 34.1 Å². The number of nitrogens with one attached hydrogen (secondary N) is 3. The summed E-state index contributed by atoms with van der Waals surface area (Å²) < 4.78 is 60.7. The summed E-state index contributed by atoms with van der Waals surface area (Å²) in [5.41, 5.74) is 0.969. The van der Waals surface area contributed by atoms with Gasteiger partial charge in [-0.3, -0.25) is 14.4 Å². The predicted octanol–water partition coefficient (Wildman–Crippen LogP) is 7.96. The van der Waals surface area contributed by atoms with E-state index in [9.17, 15) is 31.9 Å². The van der Waals surface area contributed by atoms with Gasteiger partial charge >= 0.3 is 0 Å². The van der Waals surface area contributed by atoms with Crippen LogP contribution in [-0.4, -0.2) is 23.5 Å². The molecule has 3 N–H and O–H groups in total. The SMILES string of the molecule is O=C(CSc1cccc(NC(=O)/C(=C\c2ccc(OCc3ccccc3)cc2)NC(=O)c2ccccc2)c1)Nc1c(F)c(F)cc(F)c1F. The van der Waals surface area contributed by atoms with Crippen LogP contribution in [0.1, 0.15) is 21.5 Å². The Bertz CT molecular complexity index is 1970. The molecule has 0 saturated heterocycles. The molecule has 0 fully saturated rings. The number of carbonyl (C=O) groups excluding carboxylic acids is 3. The fraction of sp³-hybridized carbons (Fsp3) is 0.0541. The summed E-state index contributed by atoms with van der Waals surface area (Å²) in [7, 11) is 0. The minimum atomic E-state index is -1.72. The van der Waals surface area contributed by atoms with Crippen LogP contribution in [0.15, 0.2) is 126 Å². The Morgan fingerprint density at radius 2 is 1.37 bits per heavy atom. The molecule has 0 atom stereocenters. The van der Waals surface area contributed by atoms with E-state index in [1.165, 1.54) is 12.1 Å². The minimum Gasteiger partial charge on any atom is -0.489 e. The van der Waals surface area contributed by atoms with Crippen LogP contribution < -0.4 is 20.7 Å². The van der Waals surface area contributed by atoms with Gasteiger partial charge in [-0.05, 0) is 59.7 Å². The third kappa shape index (κ3) is 9.58. The molecule has 0 aliphatic rings. The Morgan fingerprint density at radius 3 is 2.04 bits per heavy atom. The summed E-state index contributed by atoms with van der Waals surface area (Å²) in [5, 5.41) is 7.24. The van der Waals surface area contributed by atoms with Gasteiger partial charge in [-0.2, -0.15) is 0 Å². The predicted molar refractivity (Wildman–Crippen MR) is 180 cm³/mol. The molecule has 0 radical (unpaired) electrons. The maximum Gasteiger partial charge on any atom is 0.272 e. The van der Waals surface area contributed by atoms with E-state index in [1.54, 1.807) is 72.8 Å². The molecular formula is C37H27F4N3O4S. The molecule has 248 valence electrons. The zero-order chi connectivity index (χ0) is 34.8. The van der Waals surface area contributed by atoms with Crippen molar-refractivity contribution < 1.29 is 36.7 Å². The molecule has 5 aromatic rings. The van der Waals surface area contributed by atoms with Crippen LogP contribution in [-0.2, 0) is 16.2 Å². The summed E-state index contributed by atoms with van der Waals surface area (Å²) >= 11 is 0.940. The second-order valence-corrected chi connectivity index (χ2v) is 11.4. The van der Waals surface area contributed by atoms with Crippen molar-refractivity contribution in [3.8, 4) is 5.75 Å². The molecule has 12 heteroatoms. The van der Waals surface area contributed by atoms with Gasteiger partial charge in [0.1, 0.15) is 23.7 Å². The highest BCUT2D eigenvalue weighted by Crippen LogP contribution is 2.26. The average molecular weight is 686 g/mol. The molecule has 5 aromatic carbocycles. The van der Waals surface area contributed by atoms with E-state index in [-0.39, 0.29) is 17.5 Å². The van der Waals surface area contributed by atoms with Gasteiger partial charge in [-0.1, -0.05) is 66.7 Å². The van der Waals surface area contributed by atoms with Crippen molar-refractivity contribution in [2.24, 2.45) is 0 Å². The van der Waals surface area contributed by atoms with Gasteiger partial charge < -0.3 is 20.7 Å². The van der Waals surface area contributed by atoms with Crippen molar-refractivity contribution in [1.29, 1.82) is 0 Å². The van der Waals surface area contributed by atoms with Crippen LogP contribution in [0, 0.1) is 23.3 Å². The number of thioether (sulfide) groups is 1. The molecule has 0 aliphatic heterocycles. The van der Waals surface area contributed by atoms with Crippen molar-refractivity contribution in [2.45, 2.75) is 11.5 Å². The highest BCUT2D eigenvalue weighted by Gasteiger charge is 2.21. The number of rotatable bonds is 12. The number of anilines is 2. The van der Waals surface area contributed by atoms with Crippen LogP contribution in [0.25, 0.3) is 6.08 Å². The number of benzene rings is 5. The first-order valence-corrected chi connectivity index (χ1v) is 15.7. The Hall–Kier alpha value is -5.88. The van der Waals surface area contributed by atoms with E-state index >= 15 is 0 Å². The van der Waals surface area contributed by atoms with Gasteiger partial charge in [0.2, 0.25) is 5.91 Å². The lowest BCUT2D eigenvalue weighted by atomic mass is 10.1. The molecular weight excluding hydrogens is 658 g/mol. The molecule has 3 amide bonds. The van der Waals surface area contributed by atoms with E-state index in [4.69, 9.17) is 4.74 Å². The lowest BCUT2D eigenvalue weighted by molar-refractivity contribution is -0.114. The first kappa shape index (κ1) is 34.5. The summed E-state index contributed by atoms with van der Waals surface area (Å²) in [4.78, 5) is 39.3. The summed E-state index contributed by atoms with van der Waals surface area (Å²) in [6.45, 7) is 0.378. The van der Waals surface area contributed by atoms with E-state index in [2.05, 4.69) is 10.6 Å². The van der Waals surface area contributed by atoms with E-state index in [1.807, 2.05) is 35.6 Å². The minimum absolute atomic E-state index is 0.0431. The van der Waals surface area contributed by atoms with Crippen LogP contribution in [0.3, 0.4) is 0 Å². The van der Waals surface area contributed by atoms with Crippen molar-refractivity contribution in [3.05, 3.63) is 161 Å². The third-order valence-corrected chi connectivity index (χ3v) is 7.80. The highest BCUT2D eigenvalue weighted by molar-refractivity contribution is 8.00. The standard InChI is InChI=1S/C37H27F4N3O4S/c38-29-20-30(39)34(41)35(33(29)40)44-32(45)22-49-28-13-7-12-26(19-28)42-37(47)31(43-36(46)25-10-5-2-6-11-25)18-23-14-16-27(17-15-23)48-21-24-8-3-1-4-9-24/h1-20H,21-22H2,(H,42,47)(H,43,46)(H,44,45)/b31-18+. The smallest absolute Gasteiger partial charge is 0.272 e. The van der Waals surface area contributed by atoms with Crippen molar-refractivity contribution in [2.75, 3.05) is 16.4 Å². The molecule has 49 heavy (non-hydrogen) atoms. The normalized spacial score (nSPS) is 11.1.